The molecule has 4 heteroatoms. The van der Waals surface area contributed by atoms with Crippen LogP contribution in [-0.4, -0.2) is 20.3 Å². The SMILES string of the molecule is Cn1ncnc1CC1(N)CCCCC1(C)C. The Morgan fingerprint density at radius 2 is 2.06 bits per heavy atom. The molecule has 1 aromatic rings. The molecule has 0 aromatic carbocycles. The first-order valence-electron chi connectivity index (χ1n) is 6.06. The molecule has 2 N–H and O–H groups in total. The molecule has 1 heterocycles. The molecule has 1 unspecified atom stereocenters. The largest absolute Gasteiger partial charge is 0.324 e. The number of nitrogens with two attached hydrogens (primary N) is 1. The molecule has 0 bridgehead atoms. The molecule has 90 valence electrons. The van der Waals surface area contributed by atoms with Crippen molar-refractivity contribution in [1.29, 1.82) is 0 Å². The maximum atomic E-state index is 6.62. The zero-order valence-corrected chi connectivity index (χ0v) is 10.5. The van der Waals surface area contributed by atoms with Crippen molar-refractivity contribution in [1.82, 2.24) is 14.8 Å². The Labute approximate surface area is 97.2 Å². The van der Waals surface area contributed by atoms with Crippen LogP contribution in [-0.2, 0) is 13.5 Å². The predicted octanol–water partition coefficient (Wildman–Crippen LogP) is 1.66. The van der Waals surface area contributed by atoms with Crippen LogP contribution < -0.4 is 5.73 Å². The average Bonchev–Trinajstić information content (AvgIpc) is 2.58. The number of aromatic nitrogens is 3. The molecule has 0 amide bonds. The predicted molar refractivity (Wildman–Crippen MR) is 63.9 cm³/mol. The number of hydrogen-bond donors (Lipinski definition) is 1. The van der Waals surface area contributed by atoms with Gasteiger partial charge in [0.05, 0.1) is 0 Å². The van der Waals surface area contributed by atoms with Crippen LogP contribution in [0.5, 0.6) is 0 Å². The van der Waals surface area contributed by atoms with E-state index in [0.29, 0.717) is 0 Å². The van der Waals surface area contributed by atoms with Crippen molar-refractivity contribution < 1.29 is 0 Å². The molecule has 1 saturated carbocycles. The molecule has 1 aromatic heterocycles. The number of rotatable bonds is 2. The van der Waals surface area contributed by atoms with Crippen LogP contribution >= 0.6 is 0 Å². The summed E-state index contributed by atoms with van der Waals surface area (Å²) in [4.78, 5) is 4.29. The summed E-state index contributed by atoms with van der Waals surface area (Å²) in [5.74, 6) is 0.998. The monoisotopic (exact) mass is 222 g/mol. The van der Waals surface area contributed by atoms with Gasteiger partial charge in [0.2, 0.25) is 0 Å². The molecule has 16 heavy (non-hydrogen) atoms. The minimum Gasteiger partial charge on any atom is -0.324 e. The highest BCUT2D eigenvalue weighted by Gasteiger charge is 2.44. The fourth-order valence-electron chi connectivity index (χ4n) is 2.68. The van der Waals surface area contributed by atoms with Gasteiger partial charge in [0, 0.05) is 19.0 Å². The highest BCUT2D eigenvalue weighted by Crippen LogP contribution is 2.43. The van der Waals surface area contributed by atoms with Crippen molar-refractivity contribution in [3.8, 4) is 0 Å². The van der Waals surface area contributed by atoms with E-state index in [1.807, 2.05) is 11.7 Å². The van der Waals surface area contributed by atoms with Crippen molar-refractivity contribution in [2.75, 3.05) is 0 Å². The molecule has 0 spiro atoms. The summed E-state index contributed by atoms with van der Waals surface area (Å²) >= 11 is 0. The molecule has 1 fully saturated rings. The Balaban J connectivity index is 2.21. The Hall–Kier alpha value is -0.900. The molecule has 0 radical (unpaired) electrons. The standard InChI is InChI=1S/C12H22N4/c1-11(2)6-4-5-7-12(11,13)8-10-14-9-15-16(10)3/h9H,4-8,13H2,1-3H3. The first kappa shape index (κ1) is 11.6. The van der Waals surface area contributed by atoms with E-state index in [2.05, 4.69) is 23.9 Å². The van der Waals surface area contributed by atoms with Gasteiger partial charge >= 0.3 is 0 Å². The van der Waals surface area contributed by atoms with E-state index in [1.165, 1.54) is 19.3 Å². The van der Waals surface area contributed by atoms with Crippen molar-refractivity contribution >= 4 is 0 Å². The molecule has 1 aliphatic rings. The number of hydrogen-bond acceptors (Lipinski definition) is 3. The third-order valence-corrected chi connectivity index (χ3v) is 4.30. The molecule has 0 saturated heterocycles. The zero-order chi connectivity index (χ0) is 11.8. The lowest BCUT2D eigenvalue weighted by molar-refractivity contribution is 0.0963. The van der Waals surface area contributed by atoms with E-state index in [-0.39, 0.29) is 11.0 Å². The maximum absolute atomic E-state index is 6.62. The second-order valence-electron chi connectivity index (χ2n) is 5.72. The normalized spacial score (nSPS) is 29.2. The van der Waals surface area contributed by atoms with Gasteiger partial charge in [0.25, 0.3) is 0 Å². The summed E-state index contributed by atoms with van der Waals surface area (Å²) < 4.78 is 1.83. The first-order valence-corrected chi connectivity index (χ1v) is 6.06. The van der Waals surface area contributed by atoms with Gasteiger partial charge in [-0.15, -0.1) is 0 Å². The number of aryl methyl sites for hydroxylation is 1. The van der Waals surface area contributed by atoms with E-state index in [9.17, 15) is 0 Å². The van der Waals surface area contributed by atoms with E-state index in [0.717, 1.165) is 18.7 Å². The molecular weight excluding hydrogens is 200 g/mol. The fraction of sp³-hybridized carbons (Fsp3) is 0.833. The smallest absolute Gasteiger partial charge is 0.138 e. The van der Waals surface area contributed by atoms with Crippen molar-refractivity contribution in [2.45, 2.75) is 51.5 Å². The van der Waals surface area contributed by atoms with E-state index in [4.69, 9.17) is 5.73 Å². The Kier molecular flexibility index (Phi) is 2.78. The summed E-state index contributed by atoms with van der Waals surface area (Å²) in [6.07, 6.45) is 7.27. The second kappa shape index (κ2) is 3.84. The van der Waals surface area contributed by atoms with Crippen LogP contribution in [0, 0.1) is 5.41 Å². The summed E-state index contributed by atoms with van der Waals surface area (Å²) in [6.45, 7) is 4.56. The molecule has 1 atom stereocenters. The average molecular weight is 222 g/mol. The summed E-state index contributed by atoms with van der Waals surface area (Å²) in [5, 5.41) is 4.11. The molecule has 4 nitrogen and oxygen atoms in total. The summed E-state index contributed by atoms with van der Waals surface area (Å²) in [5.41, 5.74) is 6.67. The van der Waals surface area contributed by atoms with E-state index < -0.39 is 0 Å². The zero-order valence-electron chi connectivity index (χ0n) is 10.5. The molecule has 2 rings (SSSR count). The fourth-order valence-corrected chi connectivity index (χ4v) is 2.68. The van der Waals surface area contributed by atoms with Crippen molar-refractivity contribution in [3.63, 3.8) is 0 Å². The van der Waals surface area contributed by atoms with Gasteiger partial charge in [0.1, 0.15) is 12.2 Å². The van der Waals surface area contributed by atoms with Crippen LogP contribution in [0.15, 0.2) is 6.33 Å². The van der Waals surface area contributed by atoms with Gasteiger partial charge in [-0.05, 0) is 18.3 Å². The lowest BCUT2D eigenvalue weighted by atomic mass is 9.62. The van der Waals surface area contributed by atoms with E-state index in [1.54, 1.807) is 6.33 Å². The summed E-state index contributed by atoms with van der Waals surface area (Å²) in [6, 6.07) is 0. The highest BCUT2D eigenvalue weighted by molar-refractivity contribution is 5.06. The Morgan fingerprint density at radius 3 is 2.62 bits per heavy atom. The molecule has 0 aliphatic heterocycles. The van der Waals surface area contributed by atoms with Crippen molar-refractivity contribution in [2.24, 2.45) is 18.2 Å². The van der Waals surface area contributed by atoms with Gasteiger partial charge in [-0.25, -0.2) is 4.98 Å². The van der Waals surface area contributed by atoms with Crippen LogP contribution in [0.25, 0.3) is 0 Å². The Morgan fingerprint density at radius 1 is 1.38 bits per heavy atom. The second-order valence-corrected chi connectivity index (χ2v) is 5.72. The lowest BCUT2D eigenvalue weighted by Gasteiger charge is -2.47. The minimum atomic E-state index is -0.133. The number of nitrogens with zero attached hydrogens (tertiary/aromatic N) is 3. The van der Waals surface area contributed by atoms with Crippen LogP contribution in [0.1, 0.15) is 45.4 Å². The molecule has 1 aliphatic carbocycles. The van der Waals surface area contributed by atoms with Gasteiger partial charge in [-0.2, -0.15) is 5.10 Å². The minimum absolute atomic E-state index is 0.133. The van der Waals surface area contributed by atoms with Gasteiger partial charge in [0.15, 0.2) is 0 Å². The highest BCUT2D eigenvalue weighted by atomic mass is 15.3. The lowest BCUT2D eigenvalue weighted by Crippen LogP contribution is -2.56. The third kappa shape index (κ3) is 1.86. The quantitative estimate of drug-likeness (QED) is 0.828. The van der Waals surface area contributed by atoms with E-state index >= 15 is 0 Å². The van der Waals surface area contributed by atoms with Crippen LogP contribution in [0.3, 0.4) is 0 Å². The topological polar surface area (TPSA) is 56.7 Å². The maximum Gasteiger partial charge on any atom is 0.138 e. The van der Waals surface area contributed by atoms with Gasteiger partial charge < -0.3 is 5.73 Å². The first-order chi connectivity index (χ1) is 7.45. The summed E-state index contributed by atoms with van der Waals surface area (Å²) in [7, 11) is 1.93. The molecular formula is C12H22N4. The Bertz CT molecular complexity index is 369. The third-order valence-electron chi connectivity index (χ3n) is 4.30. The van der Waals surface area contributed by atoms with Crippen LogP contribution in [0.2, 0.25) is 0 Å². The van der Waals surface area contributed by atoms with Gasteiger partial charge in [-0.3, -0.25) is 4.68 Å². The van der Waals surface area contributed by atoms with Crippen molar-refractivity contribution in [3.05, 3.63) is 12.2 Å². The van der Waals surface area contributed by atoms with Gasteiger partial charge in [-0.1, -0.05) is 26.7 Å². The van der Waals surface area contributed by atoms with Crippen LogP contribution in [0.4, 0.5) is 0 Å².